The lowest BCUT2D eigenvalue weighted by Crippen LogP contribution is -2.45. The summed E-state index contributed by atoms with van der Waals surface area (Å²) in [6.45, 7) is 0.555. The fraction of sp³-hybridized carbons (Fsp3) is 0.526. The summed E-state index contributed by atoms with van der Waals surface area (Å²) in [6.07, 6.45) is 9.00. The zero-order chi connectivity index (χ0) is 20.6. The normalized spacial score (nSPS) is 21.4. The summed E-state index contributed by atoms with van der Waals surface area (Å²) in [7, 11) is 2.95. The molecule has 0 saturated heterocycles. The smallest absolute Gasteiger partial charge is 0.343 e. The number of hydrogen-bond donors (Lipinski definition) is 3. The van der Waals surface area contributed by atoms with Crippen molar-refractivity contribution in [1.82, 2.24) is 25.5 Å². The van der Waals surface area contributed by atoms with Crippen LogP contribution in [0.15, 0.2) is 24.9 Å². The number of carbonyl (C=O) groups is 2. The van der Waals surface area contributed by atoms with Gasteiger partial charge in [-0.2, -0.15) is 5.10 Å². The summed E-state index contributed by atoms with van der Waals surface area (Å²) in [5, 5.41) is 12.9. The van der Waals surface area contributed by atoms with Crippen molar-refractivity contribution in [2.45, 2.75) is 37.8 Å². The maximum atomic E-state index is 12.6. The van der Waals surface area contributed by atoms with Gasteiger partial charge in [0, 0.05) is 32.0 Å². The van der Waals surface area contributed by atoms with Crippen molar-refractivity contribution in [3.63, 3.8) is 0 Å². The maximum Gasteiger partial charge on any atom is 0.343 e. The van der Waals surface area contributed by atoms with Crippen LogP contribution in [-0.2, 0) is 20.7 Å². The first kappa shape index (κ1) is 20.7. The van der Waals surface area contributed by atoms with Crippen LogP contribution in [0.1, 0.15) is 35.2 Å². The van der Waals surface area contributed by atoms with Gasteiger partial charge in [-0.05, 0) is 31.2 Å². The number of ether oxygens (including phenoxy) is 2. The summed E-state index contributed by atoms with van der Waals surface area (Å²) in [6, 6.07) is -0.170. The summed E-state index contributed by atoms with van der Waals surface area (Å²) < 4.78 is 10.4. The monoisotopic (exact) mass is 402 g/mol. The number of H-pyrrole nitrogens is 1. The lowest BCUT2D eigenvalue weighted by atomic mass is 9.83. The van der Waals surface area contributed by atoms with E-state index in [0.29, 0.717) is 18.8 Å². The van der Waals surface area contributed by atoms with Gasteiger partial charge in [0.2, 0.25) is 5.91 Å². The number of methoxy groups -OCH3 is 2. The van der Waals surface area contributed by atoms with Crippen LogP contribution in [0, 0.1) is 5.92 Å². The molecule has 156 valence electrons. The Morgan fingerprint density at radius 2 is 2.14 bits per heavy atom. The standard InChI is InChI=1S/C19H26N6O4/c1-28-16-4-3-13(18(26)21-6-5-12-8-23-24-9-12)7-15(16)25-17-14(19(27)29-2)10-20-11-22-17/h8-11,13,15-16H,3-7H2,1-2H3,(H,21,26)(H,23,24)(H,20,22,25)/t13-,15+,16+/m0/s1. The van der Waals surface area contributed by atoms with E-state index in [1.165, 1.54) is 19.6 Å². The molecule has 0 aliphatic heterocycles. The first-order valence-electron chi connectivity index (χ1n) is 9.55. The molecule has 0 spiro atoms. The molecule has 10 nitrogen and oxygen atoms in total. The third kappa shape index (κ3) is 5.29. The van der Waals surface area contributed by atoms with Crippen molar-refractivity contribution in [2.24, 2.45) is 5.92 Å². The molecule has 1 fully saturated rings. The number of aromatic nitrogens is 4. The van der Waals surface area contributed by atoms with Gasteiger partial charge in [0.1, 0.15) is 17.7 Å². The summed E-state index contributed by atoms with van der Waals surface area (Å²) in [4.78, 5) is 32.7. The molecular weight excluding hydrogens is 376 g/mol. The number of rotatable bonds is 8. The van der Waals surface area contributed by atoms with Crippen molar-refractivity contribution in [3.8, 4) is 0 Å². The van der Waals surface area contributed by atoms with Crippen molar-refractivity contribution >= 4 is 17.7 Å². The number of anilines is 1. The number of nitrogens with zero attached hydrogens (tertiary/aromatic N) is 3. The molecule has 2 heterocycles. The Morgan fingerprint density at radius 1 is 1.28 bits per heavy atom. The number of nitrogens with one attached hydrogen (secondary N) is 3. The van der Waals surface area contributed by atoms with Crippen LogP contribution in [0.2, 0.25) is 0 Å². The molecule has 3 rings (SSSR count). The molecule has 0 radical (unpaired) electrons. The molecule has 0 bridgehead atoms. The topological polar surface area (TPSA) is 131 Å². The first-order chi connectivity index (χ1) is 14.1. The molecule has 3 atom stereocenters. The van der Waals surface area contributed by atoms with Gasteiger partial charge < -0.3 is 20.1 Å². The van der Waals surface area contributed by atoms with E-state index < -0.39 is 5.97 Å². The zero-order valence-electron chi connectivity index (χ0n) is 16.6. The Hall–Kier alpha value is -3.01. The van der Waals surface area contributed by atoms with E-state index in [9.17, 15) is 9.59 Å². The van der Waals surface area contributed by atoms with E-state index in [1.54, 1.807) is 13.3 Å². The highest BCUT2D eigenvalue weighted by molar-refractivity contribution is 5.94. The Kier molecular flexibility index (Phi) is 7.12. The van der Waals surface area contributed by atoms with Gasteiger partial charge in [-0.1, -0.05) is 0 Å². The SMILES string of the molecule is COC(=O)c1cncnc1N[C@@H]1C[C@@H](C(=O)NCCc2cn[nH]c2)CC[C@H]1OC. The van der Waals surface area contributed by atoms with E-state index in [1.807, 2.05) is 6.20 Å². The second kappa shape index (κ2) is 9.97. The second-order valence-corrected chi connectivity index (χ2v) is 6.96. The predicted octanol–water partition coefficient (Wildman–Crippen LogP) is 0.941. The van der Waals surface area contributed by atoms with Gasteiger partial charge in [-0.3, -0.25) is 9.89 Å². The summed E-state index contributed by atoms with van der Waals surface area (Å²) in [5.41, 5.74) is 1.29. The van der Waals surface area contributed by atoms with Crippen LogP contribution >= 0.6 is 0 Å². The largest absolute Gasteiger partial charge is 0.465 e. The Labute approximate surface area is 168 Å². The van der Waals surface area contributed by atoms with Crippen LogP contribution in [0.5, 0.6) is 0 Å². The second-order valence-electron chi connectivity index (χ2n) is 6.96. The molecular formula is C19H26N6O4. The molecule has 1 saturated carbocycles. The molecule has 2 aromatic rings. The number of carbonyl (C=O) groups excluding carboxylic acids is 2. The van der Waals surface area contributed by atoms with Gasteiger partial charge in [-0.15, -0.1) is 0 Å². The number of aromatic amines is 1. The van der Waals surface area contributed by atoms with Crippen LogP contribution in [0.3, 0.4) is 0 Å². The van der Waals surface area contributed by atoms with E-state index in [4.69, 9.17) is 9.47 Å². The highest BCUT2D eigenvalue weighted by Gasteiger charge is 2.34. The minimum absolute atomic E-state index is 0.0192. The summed E-state index contributed by atoms with van der Waals surface area (Å²) in [5.74, 6) is -0.274. The zero-order valence-corrected chi connectivity index (χ0v) is 16.6. The maximum absolute atomic E-state index is 12.6. The fourth-order valence-corrected chi connectivity index (χ4v) is 3.58. The van der Waals surface area contributed by atoms with Crippen LogP contribution in [-0.4, -0.2) is 65.0 Å². The highest BCUT2D eigenvalue weighted by atomic mass is 16.5. The average molecular weight is 402 g/mol. The van der Waals surface area contributed by atoms with Crippen LogP contribution in [0.25, 0.3) is 0 Å². The van der Waals surface area contributed by atoms with E-state index in [0.717, 1.165) is 24.8 Å². The number of amides is 1. The van der Waals surface area contributed by atoms with Crippen molar-refractivity contribution in [2.75, 3.05) is 26.1 Å². The van der Waals surface area contributed by atoms with Crippen LogP contribution in [0.4, 0.5) is 5.82 Å². The van der Waals surface area contributed by atoms with Crippen molar-refractivity contribution in [1.29, 1.82) is 0 Å². The lowest BCUT2D eigenvalue weighted by Gasteiger charge is -2.35. The Balaban J connectivity index is 1.62. The average Bonchev–Trinajstić information content (AvgIpc) is 3.27. The Morgan fingerprint density at radius 3 is 2.86 bits per heavy atom. The fourth-order valence-electron chi connectivity index (χ4n) is 3.58. The number of hydrogen-bond acceptors (Lipinski definition) is 8. The number of esters is 1. The van der Waals surface area contributed by atoms with Gasteiger partial charge >= 0.3 is 5.97 Å². The lowest BCUT2D eigenvalue weighted by molar-refractivity contribution is -0.126. The molecule has 29 heavy (non-hydrogen) atoms. The molecule has 10 heteroatoms. The van der Waals surface area contributed by atoms with E-state index in [2.05, 4.69) is 30.8 Å². The quantitative estimate of drug-likeness (QED) is 0.556. The summed E-state index contributed by atoms with van der Waals surface area (Å²) >= 11 is 0. The minimum Gasteiger partial charge on any atom is -0.465 e. The van der Waals surface area contributed by atoms with Gasteiger partial charge in [0.25, 0.3) is 0 Å². The molecule has 3 N–H and O–H groups in total. The molecule has 1 aliphatic rings. The highest BCUT2D eigenvalue weighted by Crippen LogP contribution is 2.29. The van der Waals surface area contributed by atoms with Gasteiger partial charge in [0.05, 0.1) is 25.5 Å². The molecule has 0 unspecified atom stereocenters. The van der Waals surface area contributed by atoms with Crippen molar-refractivity contribution < 1.29 is 19.1 Å². The molecule has 1 aliphatic carbocycles. The molecule has 2 aromatic heterocycles. The third-order valence-electron chi connectivity index (χ3n) is 5.17. The van der Waals surface area contributed by atoms with Gasteiger partial charge in [0.15, 0.2) is 0 Å². The predicted molar refractivity (Wildman–Crippen MR) is 104 cm³/mol. The van der Waals surface area contributed by atoms with Crippen molar-refractivity contribution in [3.05, 3.63) is 36.0 Å². The van der Waals surface area contributed by atoms with E-state index >= 15 is 0 Å². The van der Waals surface area contributed by atoms with Crippen LogP contribution < -0.4 is 10.6 Å². The molecule has 0 aromatic carbocycles. The third-order valence-corrected chi connectivity index (χ3v) is 5.17. The minimum atomic E-state index is -0.522. The van der Waals surface area contributed by atoms with Gasteiger partial charge in [-0.25, -0.2) is 14.8 Å². The Bertz CT molecular complexity index is 813. The molecule has 1 amide bonds. The van der Waals surface area contributed by atoms with E-state index in [-0.39, 0.29) is 29.5 Å². The first-order valence-corrected chi connectivity index (χ1v) is 9.55.